The molecule has 2 N–H and O–H groups in total. The van der Waals surface area contributed by atoms with Gasteiger partial charge in [-0.15, -0.1) is 23.7 Å². The molecule has 2 aliphatic heterocycles. The first kappa shape index (κ1) is 19.3. The fraction of sp³-hybridized carbons (Fsp3) is 0.500. The van der Waals surface area contributed by atoms with Gasteiger partial charge in [0.2, 0.25) is 5.91 Å². The number of hydrogen-bond acceptors (Lipinski definition) is 4. The molecule has 2 fully saturated rings. The van der Waals surface area contributed by atoms with Crippen LogP contribution in [0, 0.1) is 0 Å². The molecule has 1 aromatic carbocycles. The van der Waals surface area contributed by atoms with Crippen molar-refractivity contribution in [2.45, 2.75) is 63.6 Å². The number of aryl methyl sites for hydroxylation is 1. The molecule has 0 saturated carbocycles. The molecule has 1 amide bonds. The highest BCUT2D eigenvalue weighted by molar-refractivity contribution is 7.13. The van der Waals surface area contributed by atoms with Crippen LogP contribution in [0.5, 0.6) is 0 Å². The average molecular weight is 392 g/mol. The van der Waals surface area contributed by atoms with Crippen LogP contribution < -0.4 is 10.6 Å². The minimum absolute atomic E-state index is 0. The first-order chi connectivity index (χ1) is 12.2. The van der Waals surface area contributed by atoms with Crippen molar-refractivity contribution < 1.29 is 4.79 Å². The van der Waals surface area contributed by atoms with Crippen molar-refractivity contribution in [2.75, 3.05) is 0 Å². The maximum atomic E-state index is 12.4. The van der Waals surface area contributed by atoms with Crippen molar-refractivity contribution in [1.82, 2.24) is 15.6 Å². The molecule has 140 valence electrons. The van der Waals surface area contributed by atoms with E-state index in [1.807, 2.05) is 5.38 Å². The first-order valence-electron chi connectivity index (χ1n) is 9.28. The van der Waals surface area contributed by atoms with Crippen molar-refractivity contribution in [3.8, 4) is 10.6 Å². The third-order valence-electron chi connectivity index (χ3n) is 5.34. The summed E-state index contributed by atoms with van der Waals surface area (Å²) in [6, 6.07) is 10.1. The Bertz CT molecular complexity index is 734. The molecule has 0 spiro atoms. The van der Waals surface area contributed by atoms with Gasteiger partial charge in [-0.2, -0.15) is 0 Å². The molecule has 0 aliphatic carbocycles. The number of nitrogens with one attached hydrogen (secondary N) is 2. The van der Waals surface area contributed by atoms with Gasteiger partial charge < -0.3 is 10.6 Å². The van der Waals surface area contributed by atoms with E-state index in [9.17, 15) is 4.79 Å². The molecule has 1 aromatic heterocycles. The number of aromatic nitrogens is 1. The Labute approximate surface area is 165 Å². The maximum absolute atomic E-state index is 12.4. The average Bonchev–Trinajstić information content (AvgIpc) is 3.21. The molecule has 2 unspecified atom stereocenters. The maximum Gasteiger partial charge on any atom is 0.226 e. The van der Waals surface area contributed by atoms with Gasteiger partial charge in [0, 0.05) is 29.1 Å². The van der Waals surface area contributed by atoms with Crippen LogP contribution in [0.25, 0.3) is 10.6 Å². The second-order valence-corrected chi connectivity index (χ2v) is 8.10. The number of carbonyl (C=O) groups is 1. The second-order valence-electron chi connectivity index (χ2n) is 7.24. The van der Waals surface area contributed by atoms with Crippen LogP contribution in [0.4, 0.5) is 0 Å². The van der Waals surface area contributed by atoms with Crippen LogP contribution in [0.2, 0.25) is 0 Å². The Kier molecular flexibility index (Phi) is 6.33. The predicted molar refractivity (Wildman–Crippen MR) is 109 cm³/mol. The Hall–Kier alpha value is -1.43. The van der Waals surface area contributed by atoms with E-state index >= 15 is 0 Å². The third-order valence-corrected chi connectivity index (χ3v) is 6.28. The number of rotatable bonds is 5. The fourth-order valence-corrected chi connectivity index (χ4v) is 4.85. The Morgan fingerprint density at radius 2 is 1.92 bits per heavy atom. The molecule has 2 atom stereocenters. The number of benzene rings is 1. The van der Waals surface area contributed by atoms with Crippen LogP contribution in [-0.2, 0) is 17.6 Å². The smallest absolute Gasteiger partial charge is 0.226 e. The van der Waals surface area contributed by atoms with Gasteiger partial charge in [-0.1, -0.05) is 31.2 Å². The zero-order valence-electron chi connectivity index (χ0n) is 15.0. The summed E-state index contributed by atoms with van der Waals surface area (Å²) in [4.78, 5) is 17.0. The van der Waals surface area contributed by atoms with Gasteiger partial charge in [-0.05, 0) is 37.7 Å². The molecule has 4 nitrogen and oxygen atoms in total. The lowest BCUT2D eigenvalue weighted by atomic mass is 9.99. The van der Waals surface area contributed by atoms with Crippen molar-refractivity contribution in [3.63, 3.8) is 0 Å². The summed E-state index contributed by atoms with van der Waals surface area (Å²) in [5.74, 6) is 0.101. The summed E-state index contributed by atoms with van der Waals surface area (Å²) >= 11 is 1.61. The second kappa shape index (κ2) is 8.51. The van der Waals surface area contributed by atoms with Gasteiger partial charge in [-0.3, -0.25) is 4.79 Å². The minimum atomic E-state index is 0. The lowest BCUT2D eigenvalue weighted by Crippen LogP contribution is -2.48. The topological polar surface area (TPSA) is 54.0 Å². The molecule has 2 aliphatic rings. The van der Waals surface area contributed by atoms with Crippen LogP contribution >= 0.6 is 23.7 Å². The van der Waals surface area contributed by atoms with E-state index < -0.39 is 0 Å². The summed E-state index contributed by atoms with van der Waals surface area (Å²) in [7, 11) is 0. The zero-order valence-corrected chi connectivity index (χ0v) is 16.7. The number of fused-ring (bicyclic) bond motifs is 2. The summed E-state index contributed by atoms with van der Waals surface area (Å²) < 4.78 is 0. The van der Waals surface area contributed by atoms with E-state index in [0.717, 1.165) is 35.5 Å². The van der Waals surface area contributed by atoms with Gasteiger partial charge in [0.1, 0.15) is 5.01 Å². The number of carbonyl (C=O) groups excluding carboxylic acids is 1. The molecule has 2 aromatic rings. The molecule has 6 heteroatoms. The van der Waals surface area contributed by atoms with Crippen LogP contribution in [0.3, 0.4) is 0 Å². The predicted octanol–water partition coefficient (Wildman–Crippen LogP) is 3.74. The van der Waals surface area contributed by atoms with Crippen molar-refractivity contribution in [1.29, 1.82) is 0 Å². The monoisotopic (exact) mass is 391 g/mol. The number of nitrogens with zero attached hydrogens (tertiary/aromatic N) is 1. The van der Waals surface area contributed by atoms with E-state index in [4.69, 9.17) is 0 Å². The van der Waals surface area contributed by atoms with Crippen molar-refractivity contribution in [3.05, 3.63) is 40.9 Å². The van der Waals surface area contributed by atoms with E-state index in [1.54, 1.807) is 11.3 Å². The highest BCUT2D eigenvalue weighted by atomic mass is 35.5. The van der Waals surface area contributed by atoms with E-state index in [2.05, 4.69) is 46.8 Å². The van der Waals surface area contributed by atoms with Crippen LogP contribution in [0.1, 0.15) is 43.9 Å². The number of hydrogen-bond donors (Lipinski definition) is 2. The number of amides is 1. The van der Waals surface area contributed by atoms with Crippen LogP contribution in [-0.4, -0.2) is 29.0 Å². The Morgan fingerprint density at radius 1 is 1.23 bits per heavy atom. The first-order valence-corrected chi connectivity index (χ1v) is 10.2. The highest BCUT2D eigenvalue weighted by Crippen LogP contribution is 2.27. The zero-order chi connectivity index (χ0) is 17.2. The van der Waals surface area contributed by atoms with E-state index in [0.29, 0.717) is 24.5 Å². The molecular weight excluding hydrogens is 366 g/mol. The quantitative estimate of drug-likeness (QED) is 0.816. The normalized spacial score (nSPS) is 24.1. The lowest BCUT2D eigenvalue weighted by Gasteiger charge is -2.29. The van der Waals surface area contributed by atoms with Gasteiger partial charge in [0.05, 0.1) is 12.1 Å². The Morgan fingerprint density at radius 3 is 2.58 bits per heavy atom. The number of piperidine rings is 1. The molecule has 0 radical (unpaired) electrons. The fourth-order valence-electron chi connectivity index (χ4n) is 4.02. The van der Waals surface area contributed by atoms with Crippen molar-refractivity contribution >= 4 is 29.7 Å². The molecule has 3 heterocycles. The van der Waals surface area contributed by atoms with Gasteiger partial charge in [0.15, 0.2) is 0 Å². The third kappa shape index (κ3) is 4.45. The van der Waals surface area contributed by atoms with E-state index in [-0.39, 0.29) is 18.3 Å². The summed E-state index contributed by atoms with van der Waals surface area (Å²) in [6.45, 7) is 2.16. The highest BCUT2D eigenvalue weighted by Gasteiger charge is 2.33. The standard InChI is InChI=1S/C20H25N3OS.ClH/c1-2-13-3-5-14(6-4-13)20-23-18(12-25-20)11-19(24)22-17-9-15-7-8-16(10-17)21-15;/h3-6,12,15-17,21H,2,7-11H2,1H3,(H,22,24);1H. The van der Waals surface area contributed by atoms with Crippen molar-refractivity contribution in [2.24, 2.45) is 0 Å². The minimum Gasteiger partial charge on any atom is -0.353 e. The van der Waals surface area contributed by atoms with Crippen LogP contribution in [0.15, 0.2) is 29.6 Å². The molecule has 26 heavy (non-hydrogen) atoms. The van der Waals surface area contributed by atoms with Gasteiger partial charge >= 0.3 is 0 Å². The molecule has 2 saturated heterocycles. The van der Waals surface area contributed by atoms with Gasteiger partial charge in [0.25, 0.3) is 0 Å². The van der Waals surface area contributed by atoms with E-state index in [1.165, 1.54) is 18.4 Å². The number of halogens is 1. The number of thiazole rings is 1. The Balaban J connectivity index is 0.00000196. The molecular formula is C20H26ClN3OS. The lowest BCUT2D eigenvalue weighted by molar-refractivity contribution is -0.121. The molecule has 4 rings (SSSR count). The summed E-state index contributed by atoms with van der Waals surface area (Å²) in [5, 5.41) is 9.83. The summed E-state index contributed by atoms with van der Waals surface area (Å²) in [6.07, 6.45) is 6.06. The SMILES string of the molecule is CCc1ccc(-c2nc(CC(=O)NC3CC4CCC(C3)N4)cs2)cc1.Cl. The van der Waals surface area contributed by atoms with Gasteiger partial charge in [-0.25, -0.2) is 4.98 Å². The molecule has 2 bridgehead atoms. The largest absolute Gasteiger partial charge is 0.353 e. The summed E-state index contributed by atoms with van der Waals surface area (Å²) in [5.41, 5.74) is 3.33.